The van der Waals surface area contributed by atoms with Crippen LogP contribution in [-0.2, 0) is 17.8 Å². The Kier molecular flexibility index (Phi) is 2.96. The Morgan fingerprint density at radius 1 is 1.50 bits per heavy atom. The quantitative estimate of drug-likeness (QED) is 0.882. The van der Waals surface area contributed by atoms with Crippen molar-refractivity contribution >= 4 is 5.97 Å². The Morgan fingerprint density at radius 3 is 3.22 bits per heavy atom. The third-order valence-electron chi connectivity index (χ3n) is 3.79. The van der Waals surface area contributed by atoms with E-state index < -0.39 is 5.97 Å². The molecule has 96 valence electrons. The number of carboxylic acids is 1. The van der Waals surface area contributed by atoms with Crippen LogP contribution in [0, 0.1) is 0 Å². The number of ether oxygens (including phenoxy) is 1. The second-order valence-corrected chi connectivity index (χ2v) is 5.01. The van der Waals surface area contributed by atoms with Crippen LogP contribution in [0.25, 0.3) is 0 Å². The van der Waals surface area contributed by atoms with Gasteiger partial charge in [-0.1, -0.05) is 12.1 Å². The molecule has 2 aliphatic rings. The Morgan fingerprint density at radius 2 is 2.39 bits per heavy atom. The van der Waals surface area contributed by atoms with E-state index in [9.17, 15) is 4.79 Å². The summed E-state index contributed by atoms with van der Waals surface area (Å²) in [4.78, 5) is 13.2. The zero-order valence-corrected chi connectivity index (χ0v) is 10.3. The van der Waals surface area contributed by atoms with Gasteiger partial charge in [-0.2, -0.15) is 0 Å². The molecule has 1 unspecified atom stereocenters. The molecule has 0 bridgehead atoms. The van der Waals surface area contributed by atoms with Gasteiger partial charge in [0, 0.05) is 13.0 Å². The van der Waals surface area contributed by atoms with Crippen molar-refractivity contribution in [2.75, 3.05) is 13.2 Å². The van der Waals surface area contributed by atoms with Crippen LogP contribution in [0.2, 0.25) is 0 Å². The van der Waals surface area contributed by atoms with Crippen LogP contribution in [0.15, 0.2) is 18.2 Å². The molecule has 1 aromatic carbocycles. The highest BCUT2D eigenvalue weighted by atomic mass is 16.5. The summed E-state index contributed by atoms with van der Waals surface area (Å²) in [6, 6.07) is 5.89. The van der Waals surface area contributed by atoms with E-state index in [-0.39, 0.29) is 6.04 Å². The predicted octanol–water partition coefficient (Wildman–Crippen LogP) is 1.67. The van der Waals surface area contributed by atoms with Crippen molar-refractivity contribution in [1.82, 2.24) is 4.90 Å². The van der Waals surface area contributed by atoms with Crippen molar-refractivity contribution in [2.24, 2.45) is 0 Å². The first kappa shape index (κ1) is 11.5. The zero-order valence-electron chi connectivity index (χ0n) is 10.3. The van der Waals surface area contributed by atoms with E-state index in [0.717, 1.165) is 44.7 Å². The molecule has 1 atom stereocenters. The first-order valence-corrected chi connectivity index (χ1v) is 6.45. The van der Waals surface area contributed by atoms with Crippen molar-refractivity contribution in [3.63, 3.8) is 0 Å². The van der Waals surface area contributed by atoms with E-state index >= 15 is 0 Å². The highest BCUT2D eigenvalue weighted by molar-refractivity contribution is 5.73. The topological polar surface area (TPSA) is 49.8 Å². The van der Waals surface area contributed by atoms with Gasteiger partial charge < -0.3 is 9.84 Å². The summed E-state index contributed by atoms with van der Waals surface area (Å²) in [5, 5.41) is 9.15. The van der Waals surface area contributed by atoms with Gasteiger partial charge in [0.05, 0.1) is 6.61 Å². The second-order valence-electron chi connectivity index (χ2n) is 5.01. The average Bonchev–Trinajstić information content (AvgIpc) is 2.96. The third kappa shape index (κ3) is 2.08. The second kappa shape index (κ2) is 4.61. The maximum absolute atomic E-state index is 11.1. The number of fused-ring (bicyclic) bond motifs is 1. The molecule has 4 nitrogen and oxygen atoms in total. The number of nitrogens with zero attached hydrogens (tertiary/aromatic N) is 1. The van der Waals surface area contributed by atoms with E-state index in [2.05, 4.69) is 11.0 Å². The minimum Gasteiger partial charge on any atom is -0.493 e. The molecule has 2 heterocycles. The predicted molar refractivity (Wildman–Crippen MR) is 66.7 cm³/mol. The van der Waals surface area contributed by atoms with Gasteiger partial charge in [0.25, 0.3) is 0 Å². The zero-order chi connectivity index (χ0) is 12.5. The van der Waals surface area contributed by atoms with Gasteiger partial charge >= 0.3 is 5.97 Å². The summed E-state index contributed by atoms with van der Waals surface area (Å²) in [5.41, 5.74) is 2.44. The van der Waals surface area contributed by atoms with E-state index in [1.807, 2.05) is 12.1 Å². The van der Waals surface area contributed by atoms with Gasteiger partial charge in [-0.3, -0.25) is 9.69 Å². The number of likely N-dealkylation sites (tertiary alicyclic amines) is 1. The monoisotopic (exact) mass is 247 g/mol. The maximum Gasteiger partial charge on any atom is 0.320 e. The highest BCUT2D eigenvalue weighted by Crippen LogP contribution is 2.27. The normalized spacial score (nSPS) is 22.8. The van der Waals surface area contributed by atoms with Gasteiger partial charge in [-0.05, 0) is 36.6 Å². The minimum atomic E-state index is -0.697. The number of rotatable bonds is 3. The molecule has 1 N–H and O–H groups in total. The number of aliphatic carboxylic acids is 1. The number of benzene rings is 1. The van der Waals surface area contributed by atoms with Crippen LogP contribution in [-0.4, -0.2) is 35.2 Å². The fourth-order valence-corrected chi connectivity index (χ4v) is 2.87. The molecule has 0 spiro atoms. The van der Waals surface area contributed by atoms with Gasteiger partial charge in [0.15, 0.2) is 0 Å². The fraction of sp³-hybridized carbons (Fsp3) is 0.500. The summed E-state index contributed by atoms with van der Waals surface area (Å²) in [5.74, 6) is 0.284. The SMILES string of the molecule is O=C(O)C1CCCN1Cc1ccc2c(c1)CCO2. The Hall–Kier alpha value is -1.55. The van der Waals surface area contributed by atoms with Crippen LogP contribution in [0.3, 0.4) is 0 Å². The summed E-state index contributed by atoms with van der Waals surface area (Å²) in [7, 11) is 0. The first-order valence-electron chi connectivity index (χ1n) is 6.45. The first-order chi connectivity index (χ1) is 8.74. The third-order valence-corrected chi connectivity index (χ3v) is 3.79. The summed E-state index contributed by atoms with van der Waals surface area (Å²) in [6.07, 6.45) is 2.71. The van der Waals surface area contributed by atoms with Crippen molar-refractivity contribution in [1.29, 1.82) is 0 Å². The molecule has 0 radical (unpaired) electrons. The van der Waals surface area contributed by atoms with Crippen LogP contribution in [0.4, 0.5) is 0 Å². The number of carboxylic acid groups (broad SMARTS) is 1. The Bertz CT molecular complexity index is 472. The summed E-state index contributed by atoms with van der Waals surface area (Å²) in [6.45, 7) is 2.37. The van der Waals surface area contributed by atoms with Crippen molar-refractivity contribution in [2.45, 2.75) is 31.8 Å². The van der Waals surface area contributed by atoms with E-state index in [4.69, 9.17) is 9.84 Å². The molecule has 1 aromatic rings. The average molecular weight is 247 g/mol. The van der Waals surface area contributed by atoms with E-state index in [1.54, 1.807) is 0 Å². The number of hydrogen-bond acceptors (Lipinski definition) is 3. The van der Waals surface area contributed by atoms with Crippen molar-refractivity contribution in [3.8, 4) is 5.75 Å². The lowest BCUT2D eigenvalue weighted by Crippen LogP contribution is -2.35. The van der Waals surface area contributed by atoms with Gasteiger partial charge in [0.1, 0.15) is 11.8 Å². The number of carbonyl (C=O) groups is 1. The Balaban J connectivity index is 1.74. The van der Waals surface area contributed by atoms with E-state index in [0.29, 0.717) is 0 Å². The molecule has 1 fully saturated rings. The molecular formula is C14H17NO3. The summed E-state index contributed by atoms with van der Waals surface area (Å²) < 4.78 is 5.48. The van der Waals surface area contributed by atoms with E-state index in [1.165, 1.54) is 11.1 Å². The lowest BCUT2D eigenvalue weighted by atomic mass is 10.1. The van der Waals surface area contributed by atoms with Crippen molar-refractivity contribution < 1.29 is 14.6 Å². The maximum atomic E-state index is 11.1. The summed E-state index contributed by atoms with van der Waals surface area (Å²) >= 11 is 0. The standard InChI is InChI=1S/C14H17NO3/c16-14(17)12-2-1-6-15(12)9-10-3-4-13-11(8-10)5-7-18-13/h3-4,8,12H,1-2,5-7,9H2,(H,16,17). The van der Waals surface area contributed by atoms with Crippen LogP contribution in [0.1, 0.15) is 24.0 Å². The van der Waals surface area contributed by atoms with Gasteiger partial charge in [-0.25, -0.2) is 0 Å². The molecule has 0 aromatic heterocycles. The molecule has 18 heavy (non-hydrogen) atoms. The smallest absolute Gasteiger partial charge is 0.320 e. The lowest BCUT2D eigenvalue weighted by Gasteiger charge is -2.21. The Labute approximate surface area is 106 Å². The molecular weight excluding hydrogens is 230 g/mol. The lowest BCUT2D eigenvalue weighted by molar-refractivity contribution is -0.142. The molecule has 4 heteroatoms. The van der Waals surface area contributed by atoms with Crippen LogP contribution in [0.5, 0.6) is 5.75 Å². The molecule has 3 rings (SSSR count). The van der Waals surface area contributed by atoms with Gasteiger partial charge in [0.2, 0.25) is 0 Å². The molecule has 1 saturated heterocycles. The van der Waals surface area contributed by atoms with Crippen LogP contribution < -0.4 is 4.74 Å². The fourth-order valence-electron chi connectivity index (χ4n) is 2.87. The highest BCUT2D eigenvalue weighted by Gasteiger charge is 2.30. The molecule has 0 saturated carbocycles. The largest absolute Gasteiger partial charge is 0.493 e. The van der Waals surface area contributed by atoms with Crippen molar-refractivity contribution in [3.05, 3.63) is 29.3 Å². The van der Waals surface area contributed by atoms with Crippen LogP contribution >= 0.6 is 0 Å². The molecule has 2 aliphatic heterocycles. The minimum absolute atomic E-state index is 0.311. The van der Waals surface area contributed by atoms with Gasteiger partial charge in [-0.15, -0.1) is 0 Å². The number of hydrogen-bond donors (Lipinski definition) is 1. The molecule has 0 amide bonds. The molecule has 0 aliphatic carbocycles.